The highest BCUT2D eigenvalue weighted by molar-refractivity contribution is 7.89. The SMILES string of the molecule is CNS(=O)(=O)c1cc(C(=O)NC2CCC(N)CC2)c(C)o1.Cl. The van der Waals surface area contributed by atoms with E-state index in [1.54, 1.807) is 6.92 Å². The van der Waals surface area contributed by atoms with E-state index >= 15 is 0 Å². The monoisotopic (exact) mass is 351 g/mol. The van der Waals surface area contributed by atoms with Crippen molar-refractivity contribution in [2.24, 2.45) is 5.73 Å². The van der Waals surface area contributed by atoms with Gasteiger partial charge in [-0.25, -0.2) is 13.1 Å². The molecule has 1 aromatic heterocycles. The van der Waals surface area contributed by atoms with Gasteiger partial charge in [-0.15, -0.1) is 12.4 Å². The van der Waals surface area contributed by atoms with Crippen molar-refractivity contribution in [2.75, 3.05) is 7.05 Å². The van der Waals surface area contributed by atoms with Gasteiger partial charge in [0.05, 0.1) is 5.56 Å². The van der Waals surface area contributed by atoms with Gasteiger partial charge in [0.2, 0.25) is 5.09 Å². The summed E-state index contributed by atoms with van der Waals surface area (Å²) in [5, 5.41) is 2.66. The molecular weight excluding hydrogens is 330 g/mol. The van der Waals surface area contributed by atoms with E-state index in [-0.39, 0.29) is 46.8 Å². The number of aryl methyl sites for hydroxylation is 1. The number of amides is 1. The van der Waals surface area contributed by atoms with Crippen molar-refractivity contribution in [3.8, 4) is 0 Å². The molecule has 22 heavy (non-hydrogen) atoms. The van der Waals surface area contributed by atoms with E-state index in [0.717, 1.165) is 25.7 Å². The van der Waals surface area contributed by atoms with Gasteiger partial charge in [0.1, 0.15) is 5.76 Å². The Bertz CT molecular complexity index is 621. The Hall–Kier alpha value is -1.09. The summed E-state index contributed by atoms with van der Waals surface area (Å²) in [7, 11) is -2.40. The second kappa shape index (κ2) is 7.45. The number of carbonyl (C=O) groups is 1. The molecule has 1 aromatic rings. The molecule has 1 aliphatic carbocycles. The number of furan rings is 1. The predicted octanol–water partition coefficient (Wildman–Crippen LogP) is 0.918. The Morgan fingerprint density at radius 1 is 1.32 bits per heavy atom. The number of halogens is 1. The lowest BCUT2D eigenvalue weighted by molar-refractivity contribution is 0.0924. The van der Waals surface area contributed by atoms with Gasteiger partial charge < -0.3 is 15.5 Å². The molecule has 1 heterocycles. The van der Waals surface area contributed by atoms with Gasteiger partial charge in [0, 0.05) is 18.2 Å². The van der Waals surface area contributed by atoms with Crippen molar-refractivity contribution in [3.63, 3.8) is 0 Å². The highest BCUT2D eigenvalue weighted by Gasteiger charge is 2.25. The van der Waals surface area contributed by atoms with Crippen LogP contribution in [0.25, 0.3) is 0 Å². The number of hydrogen-bond acceptors (Lipinski definition) is 5. The highest BCUT2D eigenvalue weighted by atomic mass is 35.5. The molecule has 126 valence electrons. The molecule has 7 nitrogen and oxygen atoms in total. The Morgan fingerprint density at radius 2 is 1.91 bits per heavy atom. The van der Waals surface area contributed by atoms with E-state index in [2.05, 4.69) is 10.0 Å². The molecule has 0 atom stereocenters. The van der Waals surface area contributed by atoms with Crippen LogP contribution < -0.4 is 15.8 Å². The molecule has 9 heteroatoms. The second-order valence-corrected chi connectivity index (χ2v) is 7.15. The van der Waals surface area contributed by atoms with Crippen LogP contribution in [0, 0.1) is 6.92 Å². The van der Waals surface area contributed by atoms with Crippen molar-refractivity contribution in [1.29, 1.82) is 0 Å². The summed E-state index contributed by atoms with van der Waals surface area (Å²) < 4.78 is 30.7. The third-order valence-corrected chi connectivity index (χ3v) is 5.05. The average molecular weight is 352 g/mol. The summed E-state index contributed by atoms with van der Waals surface area (Å²) in [6.45, 7) is 1.57. The van der Waals surface area contributed by atoms with Gasteiger partial charge >= 0.3 is 0 Å². The van der Waals surface area contributed by atoms with E-state index in [0.29, 0.717) is 0 Å². The molecule has 0 bridgehead atoms. The molecule has 0 radical (unpaired) electrons. The van der Waals surface area contributed by atoms with Crippen molar-refractivity contribution in [2.45, 2.75) is 49.8 Å². The predicted molar refractivity (Wildman–Crippen MR) is 84.6 cm³/mol. The van der Waals surface area contributed by atoms with Crippen LogP contribution in [0.2, 0.25) is 0 Å². The van der Waals surface area contributed by atoms with Crippen molar-refractivity contribution in [1.82, 2.24) is 10.0 Å². The van der Waals surface area contributed by atoms with Crippen LogP contribution in [-0.2, 0) is 10.0 Å². The summed E-state index contributed by atoms with van der Waals surface area (Å²) >= 11 is 0. The number of rotatable bonds is 4. The third-order valence-electron chi connectivity index (χ3n) is 3.78. The van der Waals surface area contributed by atoms with Gasteiger partial charge in [0.25, 0.3) is 15.9 Å². The van der Waals surface area contributed by atoms with E-state index in [1.807, 2.05) is 0 Å². The number of sulfonamides is 1. The molecule has 0 unspecified atom stereocenters. The molecular formula is C13H22ClN3O4S. The fourth-order valence-corrected chi connectivity index (χ4v) is 3.15. The summed E-state index contributed by atoms with van der Waals surface area (Å²) in [6.07, 6.45) is 3.44. The van der Waals surface area contributed by atoms with Crippen molar-refractivity contribution < 1.29 is 17.6 Å². The molecule has 0 spiro atoms. The number of nitrogens with one attached hydrogen (secondary N) is 2. The zero-order valence-corrected chi connectivity index (χ0v) is 14.2. The Kier molecular flexibility index (Phi) is 6.42. The van der Waals surface area contributed by atoms with Crippen molar-refractivity contribution in [3.05, 3.63) is 17.4 Å². The number of hydrogen-bond donors (Lipinski definition) is 3. The fraction of sp³-hybridized carbons (Fsp3) is 0.615. The molecule has 1 fully saturated rings. The minimum absolute atomic E-state index is 0. The largest absolute Gasteiger partial charge is 0.448 e. The Labute approximate surface area is 136 Å². The maximum atomic E-state index is 12.2. The molecule has 2 rings (SSSR count). The summed E-state index contributed by atoms with van der Waals surface area (Å²) in [5.41, 5.74) is 6.08. The third kappa shape index (κ3) is 4.22. The second-order valence-electron chi connectivity index (χ2n) is 5.33. The minimum Gasteiger partial charge on any atom is -0.448 e. The van der Waals surface area contributed by atoms with E-state index in [1.165, 1.54) is 13.1 Å². The molecule has 0 saturated heterocycles. The van der Waals surface area contributed by atoms with Crippen LogP contribution in [0.15, 0.2) is 15.6 Å². The van der Waals surface area contributed by atoms with Crippen molar-refractivity contribution >= 4 is 28.3 Å². The maximum Gasteiger partial charge on any atom is 0.273 e. The Morgan fingerprint density at radius 3 is 2.45 bits per heavy atom. The van der Waals surface area contributed by atoms with Gasteiger partial charge in [0.15, 0.2) is 0 Å². The standard InChI is InChI=1S/C13H21N3O4S.ClH/c1-8-11(7-12(20-8)21(18,19)15-2)13(17)16-10-5-3-9(14)4-6-10;/h7,9-10,15H,3-6,14H2,1-2H3,(H,16,17);1H. The lowest BCUT2D eigenvalue weighted by Crippen LogP contribution is -2.40. The fourth-order valence-electron chi connectivity index (χ4n) is 2.44. The topological polar surface area (TPSA) is 114 Å². The van der Waals surface area contributed by atoms with E-state index in [4.69, 9.17) is 10.2 Å². The van der Waals surface area contributed by atoms with Crippen LogP contribution in [0.1, 0.15) is 41.8 Å². The van der Waals surface area contributed by atoms with Gasteiger partial charge in [-0.2, -0.15) is 0 Å². The first-order chi connectivity index (χ1) is 9.83. The average Bonchev–Trinajstić information content (AvgIpc) is 2.84. The summed E-state index contributed by atoms with van der Waals surface area (Å²) in [5.74, 6) is -0.0249. The molecule has 1 amide bonds. The first kappa shape index (κ1) is 19.0. The zero-order chi connectivity index (χ0) is 15.6. The first-order valence-electron chi connectivity index (χ1n) is 6.94. The maximum absolute atomic E-state index is 12.2. The Balaban J connectivity index is 0.00000242. The van der Waals surface area contributed by atoms with Gasteiger partial charge in [-0.1, -0.05) is 0 Å². The van der Waals surface area contributed by atoms with Crippen LogP contribution in [0.5, 0.6) is 0 Å². The highest BCUT2D eigenvalue weighted by Crippen LogP contribution is 2.21. The first-order valence-corrected chi connectivity index (χ1v) is 8.42. The normalized spacial score (nSPS) is 22.0. The lowest BCUT2D eigenvalue weighted by Gasteiger charge is -2.26. The van der Waals surface area contributed by atoms with Crippen LogP contribution in [-0.4, -0.2) is 33.5 Å². The molecule has 4 N–H and O–H groups in total. The molecule has 1 saturated carbocycles. The van der Waals surface area contributed by atoms with Crippen LogP contribution >= 0.6 is 12.4 Å². The zero-order valence-electron chi connectivity index (χ0n) is 12.6. The number of carbonyl (C=O) groups excluding carboxylic acids is 1. The smallest absolute Gasteiger partial charge is 0.273 e. The molecule has 0 aliphatic heterocycles. The van der Waals surface area contributed by atoms with Gasteiger partial charge in [-0.3, -0.25) is 4.79 Å². The summed E-state index contributed by atoms with van der Waals surface area (Å²) in [4.78, 5) is 12.2. The van der Waals surface area contributed by atoms with E-state index in [9.17, 15) is 13.2 Å². The van der Waals surface area contributed by atoms with Gasteiger partial charge in [-0.05, 0) is 39.7 Å². The molecule has 1 aliphatic rings. The summed E-state index contributed by atoms with van der Waals surface area (Å²) in [6, 6.07) is 1.54. The number of nitrogens with two attached hydrogens (primary N) is 1. The van der Waals surface area contributed by atoms with E-state index < -0.39 is 10.0 Å². The quantitative estimate of drug-likeness (QED) is 0.746. The van der Waals surface area contributed by atoms with Crippen LogP contribution in [0.3, 0.4) is 0 Å². The lowest BCUT2D eigenvalue weighted by atomic mass is 9.91. The minimum atomic E-state index is -3.69. The van der Waals surface area contributed by atoms with Crippen LogP contribution in [0.4, 0.5) is 0 Å². The molecule has 0 aromatic carbocycles.